The number of hydrogen-bond donors (Lipinski definition) is 2. The Hall–Kier alpha value is -3.86. The Balaban J connectivity index is 1.62. The maximum atomic E-state index is 12.5. The van der Waals surface area contributed by atoms with Crippen LogP contribution in [0.2, 0.25) is 0 Å². The summed E-state index contributed by atoms with van der Waals surface area (Å²) >= 11 is 0. The zero-order chi connectivity index (χ0) is 21.8. The number of hydrogen-bond acceptors (Lipinski definition) is 3. The summed E-state index contributed by atoms with van der Waals surface area (Å²) in [5.41, 5.74) is 6.32. The van der Waals surface area contributed by atoms with Crippen molar-refractivity contribution in [1.29, 1.82) is 0 Å². The second-order valence-corrected chi connectivity index (χ2v) is 7.43. The fourth-order valence-corrected chi connectivity index (χ4v) is 3.54. The van der Waals surface area contributed by atoms with Gasteiger partial charge in [0, 0.05) is 28.4 Å². The van der Waals surface area contributed by atoms with Gasteiger partial charge in [-0.25, -0.2) is 9.78 Å². The molecule has 1 heterocycles. The van der Waals surface area contributed by atoms with Crippen LogP contribution in [-0.4, -0.2) is 17.6 Å². The lowest BCUT2D eigenvalue weighted by Crippen LogP contribution is -2.20. The molecule has 31 heavy (non-hydrogen) atoms. The molecule has 0 aliphatic rings. The Morgan fingerprint density at radius 2 is 1.74 bits per heavy atom. The van der Waals surface area contributed by atoms with E-state index < -0.39 is 0 Å². The molecule has 0 aliphatic heterocycles. The number of urea groups is 1. The van der Waals surface area contributed by atoms with Crippen molar-refractivity contribution in [2.45, 2.75) is 20.8 Å². The van der Waals surface area contributed by atoms with E-state index in [0.29, 0.717) is 12.3 Å². The third-order valence-electron chi connectivity index (χ3n) is 5.03. The lowest BCUT2D eigenvalue weighted by atomic mass is 10.1. The van der Waals surface area contributed by atoms with Crippen molar-refractivity contribution in [3.8, 4) is 17.0 Å². The normalized spacial score (nSPS) is 10.7. The topological polar surface area (TPSA) is 63.2 Å². The van der Waals surface area contributed by atoms with Crippen LogP contribution >= 0.6 is 0 Å². The molecular weight excluding hydrogens is 386 g/mol. The molecule has 1 aromatic heterocycles. The number of aromatic nitrogens is 1. The number of aryl methyl sites for hydroxylation is 2. The van der Waals surface area contributed by atoms with E-state index in [1.54, 1.807) is 0 Å². The number of nitrogens with one attached hydrogen (secondary N) is 2. The average Bonchev–Trinajstić information content (AvgIpc) is 2.76. The monoisotopic (exact) mass is 411 g/mol. The molecule has 0 atom stereocenters. The summed E-state index contributed by atoms with van der Waals surface area (Å²) < 4.78 is 5.90. The first-order valence-electron chi connectivity index (χ1n) is 10.3. The van der Waals surface area contributed by atoms with Gasteiger partial charge in [-0.05, 0) is 50.6 Å². The number of rotatable bonds is 5. The van der Waals surface area contributed by atoms with Crippen LogP contribution in [0.25, 0.3) is 22.2 Å². The summed E-state index contributed by atoms with van der Waals surface area (Å²) in [6.07, 6.45) is 0. The lowest BCUT2D eigenvalue weighted by Gasteiger charge is -2.13. The summed E-state index contributed by atoms with van der Waals surface area (Å²) in [5, 5.41) is 6.67. The Kier molecular flexibility index (Phi) is 5.85. The van der Waals surface area contributed by atoms with Crippen LogP contribution in [0.1, 0.15) is 18.1 Å². The predicted octanol–water partition coefficient (Wildman–Crippen LogP) is 6.56. The number of carbonyl (C=O) groups is 1. The average molecular weight is 412 g/mol. The molecule has 5 nitrogen and oxygen atoms in total. The first-order chi connectivity index (χ1) is 15.0. The van der Waals surface area contributed by atoms with Crippen LogP contribution in [0.4, 0.5) is 16.2 Å². The Bertz CT molecular complexity index is 1240. The Morgan fingerprint density at radius 3 is 2.48 bits per heavy atom. The largest absolute Gasteiger partial charge is 0.493 e. The summed E-state index contributed by atoms with van der Waals surface area (Å²) in [6.45, 7) is 6.49. The molecule has 0 radical (unpaired) electrons. The number of ether oxygens (including phenoxy) is 1. The molecule has 0 saturated heterocycles. The van der Waals surface area contributed by atoms with E-state index in [-0.39, 0.29) is 6.03 Å². The molecular formula is C26H25N3O2. The van der Waals surface area contributed by atoms with Crippen molar-refractivity contribution in [3.05, 3.63) is 83.9 Å². The summed E-state index contributed by atoms with van der Waals surface area (Å²) in [7, 11) is 0. The van der Waals surface area contributed by atoms with E-state index in [9.17, 15) is 4.79 Å². The fourth-order valence-electron chi connectivity index (χ4n) is 3.54. The van der Waals surface area contributed by atoms with Crippen molar-refractivity contribution in [1.82, 2.24) is 4.98 Å². The molecule has 2 N–H and O–H groups in total. The highest BCUT2D eigenvalue weighted by Gasteiger charge is 2.11. The molecule has 0 unspecified atom stereocenters. The minimum Gasteiger partial charge on any atom is -0.493 e. The van der Waals surface area contributed by atoms with Crippen molar-refractivity contribution >= 4 is 28.3 Å². The molecule has 4 rings (SSSR count). The van der Waals surface area contributed by atoms with Gasteiger partial charge in [-0.2, -0.15) is 0 Å². The molecule has 0 fully saturated rings. The van der Waals surface area contributed by atoms with Crippen LogP contribution in [0.3, 0.4) is 0 Å². The second kappa shape index (κ2) is 8.88. The van der Waals surface area contributed by atoms with Gasteiger partial charge >= 0.3 is 6.03 Å². The fraction of sp³-hybridized carbons (Fsp3) is 0.154. The number of anilines is 2. The first-order valence-corrected chi connectivity index (χ1v) is 10.3. The summed E-state index contributed by atoms with van der Waals surface area (Å²) in [5.74, 6) is 0.741. The van der Waals surface area contributed by atoms with Crippen molar-refractivity contribution in [2.75, 3.05) is 17.2 Å². The first kappa shape index (κ1) is 20.4. The van der Waals surface area contributed by atoms with E-state index in [0.717, 1.165) is 44.7 Å². The summed E-state index contributed by atoms with van der Waals surface area (Å²) in [6, 6.07) is 23.2. The Morgan fingerprint density at radius 1 is 0.935 bits per heavy atom. The highest BCUT2D eigenvalue weighted by molar-refractivity contribution is 6.02. The SMILES string of the molecule is CCOc1cc(-c2ccccc2)nc2ccc(NC(=O)Nc3ccc(C)cc3C)cc12. The highest BCUT2D eigenvalue weighted by atomic mass is 16.5. The molecule has 156 valence electrons. The molecule has 0 spiro atoms. The van der Waals surface area contributed by atoms with Gasteiger partial charge in [0.25, 0.3) is 0 Å². The van der Waals surface area contributed by atoms with Crippen molar-refractivity contribution in [2.24, 2.45) is 0 Å². The Labute approximate surface area is 182 Å². The quantitative estimate of drug-likeness (QED) is 0.391. The van der Waals surface area contributed by atoms with Gasteiger partial charge in [0.15, 0.2) is 0 Å². The number of amides is 2. The van der Waals surface area contributed by atoms with Gasteiger partial charge in [0.1, 0.15) is 5.75 Å². The molecule has 0 saturated carbocycles. The van der Waals surface area contributed by atoms with Crippen LogP contribution in [0, 0.1) is 13.8 Å². The molecule has 4 aromatic rings. The van der Waals surface area contributed by atoms with Crippen LogP contribution in [0.15, 0.2) is 72.8 Å². The predicted molar refractivity (Wildman–Crippen MR) is 127 cm³/mol. The maximum Gasteiger partial charge on any atom is 0.323 e. The summed E-state index contributed by atoms with van der Waals surface area (Å²) in [4.78, 5) is 17.3. The van der Waals surface area contributed by atoms with Crippen LogP contribution in [-0.2, 0) is 0 Å². The van der Waals surface area contributed by atoms with Gasteiger partial charge in [-0.3, -0.25) is 0 Å². The standard InChI is InChI=1S/C26H25N3O2/c1-4-31-25-16-24(19-8-6-5-7-9-19)28-23-13-11-20(15-21(23)25)27-26(30)29-22-12-10-17(2)14-18(22)3/h5-16H,4H2,1-3H3,(H2,27,29,30). The van der Waals surface area contributed by atoms with Crippen LogP contribution in [0.5, 0.6) is 5.75 Å². The lowest BCUT2D eigenvalue weighted by molar-refractivity contribution is 0.262. The number of benzene rings is 3. The van der Waals surface area contributed by atoms with Crippen molar-refractivity contribution < 1.29 is 9.53 Å². The zero-order valence-corrected chi connectivity index (χ0v) is 17.9. The molecule has 5 heteroatoms. The van der Waals surface area contributed by atoms with E-state index in [1.165, 1.54) is 0 Å². The van der Waals surface area contributed by atoms with Crippen LogP contribution < -0.4 is 15.4 Å². The minimum absolute atomic E-state index is 0.293. The van der Waals surface area contributed by atoms with E-state index in [1.807, 2.05) is 93.6 Å². The smallest absolute Gasteiger partial charge is 0.323 e. The third kappa shape index (κ3) is 4.67. The number of carbonyl (C=O) groups excluding carboxylic acids is 1. The maximum absolute atomic E-state index is 12.5. The van der Waals surface area contributed by atoms with Gasteiger partial charge in [0.05, 0.1) is 17.8 Å². The zero-order valence-electron chi connectivity index (χ0n) is 17.9. The van der Waals surface area contributed by atoms with Gasteiger partial charge in [-0.1, -0.05) is 48.0 Å². The van der Waals surface area contributed by atoms with E-state index >= 15 is 0 Å². The number of fused-ring (bicyclic) bond motifs is 1. The van der Waals surface area contributed by atoms with E-state index in [2.05, 4.69) is 10.6 Å². The van der Waals surface area contributed by atoms with Gasteiger partial charge in [-0.15, -0.1) is 0 Å². The minimum atomic E-state index is -0.293. The van der Waals surface area contributed by atoms with E-state index in [4.69, 9.17) is 9.72 Å². The molecule has 3 aromatic carbocycles. The molecule has 0 bridgehead atoms. The van der Waals surface area contributed by atoms with Gasteiger partial charge < -0.3 is 15.4 Å². The molecule has 0 aliphatic carbocycles. The highest BCUT2D eigenvalue weighted by Crippen LogP contribution is 2.32. The van der Waals surface area contributed by atoms with Gasteiger partial charge in [0.2, 0.25) is 0 Å². The number of pyridine rings is 1. The number of nitrogens with zero attached hydrogens (tertiary/aromatic N) is 1. The molecule has 2 amide bonds. The third-order valence-corrected chi connectivity index (χ3v) is 5.03. The van der Waals surface area contributed by atoms with Crippen molar-refractivity contribution in [3.63, 3.8) is 0 Å². The second-order valence-electron chi connectivity index (χ2n) is 7.43.